The van der Waals surface area contributed by atoms with E-state index >= 15 is 0 Å². The van der Waals surface area contributed by atoms with Gasteiger partial charge in [-0.1, -0.05) is 13.8 Å². The van der Waals surface area contributed by atoms with Gasteiger partial charge in [0.1, 0.15) is 11.4 Å². The van der Waals surface area contributed by atoms with Crippen molar-refractivity contribution < 1.29 is 14.3 Å². The van der Waals surface area contributed by atoms with Gasteiger partial charge in [0.25, 0.3) is 0 Å². The van der Waals surface area contributed by atoms with E-state index in [1.54, 1.807) is 0 Å². The van der Waals surface area contributed by atoms with E-state index < -0.39 is 0 Å². The van der Waals surface area contributed by atoms with E-state index in [1.807, 2.05) is 6.08 Å². The molecule has 2 saturated heterocycles. The highest BCUT2D eigenvalue weighted by Crippen LogP contribution is 2.55. The lowest BCUT2D eigenvalue weighted by Crippen LogP contribution is -2.43. The standard InChI is InChI=1S/C19H26O3/c1-12-11-14(20)13-5-7-17(2)8-6-15-19(4,21-15)10-9-18(12,3)16(13)22-17/h5,7,12,15H,6,8-11H2,1-4H3/t12-,15-,17+,18+,19+/m0/s1. The van der Waals surface area contributed by atoms with Gasteiger partial charge in [-0.3, -0.25) is 4.79 Å². The lowest BCUT2D eigenvalue weighted by atomic mass is 9.64. The zero-order chi connectivity index (χ0) is 15.8. The van der Waals surface area contributed by atoms with Crippen LogP contribution in [0.15, 0.2) is 23.5 Å². The largest absolute Gasteiger partial charge is 0.486 e. The summed E-state index contributed by atoms with van der Waals surface area (Å²) in [4.78, 5) is 12.4. The van der Waals surface area contributed by atoms with Crippen LogP contribution in [-0.2, 0) is 14.3 Å². The van der Waals surface area contributed by atoms with E-state index in [-0.39, 0.29) is 22.4 Å². The molecule has 0 radical (unpaired) electrons. The lowest BCUT2D eigenvalue weighted by Gasteiger charge is -2.47. The van der Waals surface area contributed by atoms with Gasteiger partial charge in [0, 0.05) is 11.8 Å². The smallest absolute Gasteiger partial charge is 0.166 e. The Bertz CT molecular complexity index is 604. The van der Waals surface area contributed by atoms with Crippen molar-refractivity contribution in [1.82, 2.24) is 0 Å². The van der Waals surface area contributed by atoms with Crippen molar-refractivity contribution in [2.75, 3.05) is 0 Å². The molecule has 0 spiro atoms. The van der Waals surface area contributed by atoms with Crippen molar-refractivity contribution in [1.29, 1.82) is 0 Å². The molecule has 120 valence electrons. The van der Waals surface area contributed by atoms with Gasteiger partial charge < -0.3 is 9.47 Å². The van der Waals surface area contributed by atoms with E-state index in [2.05, 4.69) is 33.8 Å². The second kappa shape index (κ2) is 4.25. The number of carbonyl (C=O) groups excluding carboxylic acids is 1. The Labute approximate surface area is 132 Å². The van der Waals surface area contributed by atoms with Gasteiger partial charge in [0.2, 0.25) is 0 Å². The first kappa shape index (κ1) is 14.5. The third-order valence-electron chi connectivity index (χ3n) is 6.66. The highest BCUT2D eigenvalue weighted by atomic mass is 16.6. The van der Waals surface area contributed by atoms with Gasteiger partial charge in [-0.2, -0.15) is 0 Å². The fourth-order valence-corrected chi connectivity index (χ4v) is 4.43. The summed E-state index contributed by atoms with van der Waals surface area (Å²) in [5, 5.41) is 0. The molecule has 5 atom stereocenters. The molecule has 0 aromatic heterocycles. The molecule has 2 fully saturated rings. The highest BCUT2D eigenvalue weighted by Gasteiger charge is 2.56. The summed E-state index contributed by atoms with van der Waals surface area (Å²) in [6.45, 7) is 8.85. The number of epoxide rings is 1. The second-order valence-corrected chi connectivity index (χ2v) is 8.39. The molecule has 3 heteroatoms. The summed E-state index contributed by atoms with van der Waals surface area (Å²) >= 11 is 0. The van der Waals surface area contributed by atoms with Gasteiger partial charge in [0.05, 0.1) is 17.3 Å². The number of fused-ring (bicyclic) bond motifs is 2. The first-order chi connectivity index (χ1) is 10.3. The van der Waals surface area contributed by atoms with E-state index in [0.29, 0.717) is 18.4 Å². The predicted molar refractivity (Wildman–Crippen MR) is 84.3 cm³/mol. The van der Waals surface area contributed by atoms with Crippen molar-refractivity contribution in [2.24, 2.45) is 11.3 Å². The number of Topliss-reactive ketones (excluding diaryl/α,β-unsaturated/α-hetero) is 1. The van der Waals surface area contributed by atoms with Crippen LogP contribution in [0, 0.1) is 11.3 Å². The van der Waals surface area contributed by atoms with E-state index in [4.69, 9.17) is 9.47 Å². The molecule has 0 aromatic rings. The quantitative estimate of drug-likeness (QED) is 0.636. The van der Waals surface area contributed by atoms with Crippen LogP contribution in [0.5, 0.6) is 0 Å². The zero-order valence-electron chi connectivity index (χ0n) is 14.1. The maximum atomic E-state index is 12.4. The van der Waals surface area contributed by atoms with E-state index in [9.17, 15) is 4.79 Å². The van der Waals surface area contributed by atoms with Crippen molar-refractivity contribution in [3.8, 4) is 0 Å². The number of hydrogen-bond acceptors (Lipinski definition) is 3. The summed E-state index contributed by atoms with van der Waals surface area (Å²) < 4.78 is 12.5. The number of rotatable bonds is 0. The fourth-order valence-electron chi connectivity index (χ4n) is 4.43. The highest BCUT2D eigenvalue weighted by molar-refractivity contribution is 6.00. The molecule has 0 amide bonds. The summed E-state index contributed by atoms with van der Waals surface area (Å²) in [5.74, 6) is 1.50. The zero-order valence-corrected chi connectivity index (χ0v) is 14.1. The van der Waals surface area contributed by atoms with Crippen molar-refractivity contribution >= 4 is 5.78 Å². The monoisotopic (exact) mass is 302 g/mol. The van der Waals surface area contributed by atoms with Gasteiger partial charge in [0.15, 0.2) is 5.78 Å². The normalized spacial score (nSPS) is 50.3. The van der Waals surface area contributed by atoms with Crippen LogP contribution in [0.1, 0.15) is 59.8 Å². The minimum Gasteiger partial charge on any atom is -0.486 e. The Morgan fingerprint density at radius 2 is 1.95 bits per heavy atom. The molecule has 2 bridgehead atoms. The molecule has 4 rings (SSSR count). The molecule has 0 N–H and O–H groups in total. The average molecular weight is 302 g/mol. The summed E-state index contributed by atoms with van der Waals surface area (Å²) in [6.07, 6.45) is 9.16. The third-order valence-corrected chi connectivity index (χ3v) is 6.66. The van der Waals surface area contributed by atoms with Gasteiger partial charge >= 0.3 is 0 Å². The maximum Gasteiger partial charge on any atom is 0.166 e. The van der Waals surface area contributed by atoms with Crippen LogP contribution in [0.4, 0.5) is 0 Å². The van der Waals surface area contributed by atoms with Crippen LogP contribution in [0.25, 0.3) is 0 Å². The third kappa shape index (κ3) is 1.94. The topological polar surface area (TPSA) is 38.8 Å². The molecule has 4 aliphatic rings. The first-order valence-corrected chi connectivity index (χ1v) is 8.60. The predicted octanol–water partition coefficient (Wildman–Crippen LogP) is 3.93. The molecular weight excluding hydrogens is 276 g/mol. The second-order valence-electron chi connectivity index (χ2n) is 8.39. The molecule has 3 heterocycles. The minimum atomic E-state index is -0.304. The van der Waals surface area contributed by atoms with Crippen LogP contribution in [0.3, 0.4) is 0 Å². The Hall–Kier alpha value is -1.09. The molecule has 22 heavy (non-hydrogen) atoms. The summed E-state index contributed by atoms with van der Waals surface area (Å²) in [5.41, 5.74) is 0.488. The number of ether oxygens (including phenoxy) is 2. The first-order valence-electron chi connectivity index (χ1n) is 8.60. The lowest BCUT2D eigenvalue weighted by molar-refractivity contribution is -0.120. The van der Waals surface area contributed by atoms with Gasteiger partial charge in [-0.25, -0.2) is 0 Å². The Kier molecular flexibility index (Phi) is 2.80. The Morgan fingerprint density at radius 1 is 1.18 bits per heavy atom. The Morgan fingerprint density at radius 3 is 2.73 bits per heavy atom. The maximum absolute atomic E-state index is 12.4. The number of carbonyl (C=O) groups is 1. The van der Waals surface area contributed by atoms with E-state index in [1.165, 1.54) is 0 Å². The van der Waals surface area contributed by atoms with Gasteiger partial charge in [-0.15, -0.1) is 0 Å². The van der Waals surface area contributed by atoms with Crippen LogP contribution in [-0.4, -0.2) is 23.1 Å². The van der Waals surface area contributed by atoms with Crippen molar-refractivity contribution in [3.05, 3.63) is 23.5 Å². The number of hydrogen-bond donors (Lipinski definition) is 0. The van der Waals surface area contributed by atoms with Crippen LogP contribution >= 0.6 is 0 Å². The number of allylic oxidation sites excluding steroid dienone is 3. The number of ketones is 1. The van der Waals surface area contributed by atoms with E-state index in [0.717, 1.165) is 37.0 Å². The van der Waals surface area contributed by atoms with Crippen LogP contribution < -0.4 is 0 Å². The minimum absolute atomic E-state index is 0.0383. The molecule has 0 unspecified atom stereocenters. The molecule has 3 nitrogen and oxygen atoms in total. The van der Waals surface area contributed by atoms with Crippen LogP contribution in [0.2, 0.25) is 0 Å². The molecule has 1 aliphatic carbocycles. The van der Waals surface area contributed by atoms with Crippen molar-refractivity contribution in [3.63, 3.8) is 0 Å². The summed E-state index contributed by atoms with van der Waals surface area (Å²) in [7, 11) is 0. The van der Waals surface area contributed by atoms with Crippen molar-refractivity contribution in [2.45, 2.75) is 77.1 Å². The Balaban J connectivity index is 1.80. The molecule has 0 saturated carbocycles. The molecular formula is C19H26O3. The fraction of sp³-hybridized carbons (Fsp3) is 0.737. The molecule has 0 aromatic carbocycles. The van der Waals surface area contributed by atoms with Gasteiger partial charge in [-0.05, 0) is 57.6 Å². The SMILES string of the molecule is C[C@H]1CC(=O)C2=C3O[C@](C)(C=C2)CC[C@@H]2O[C@]2(C)CC[C@@]31C. The molecule has 3 aliphatic heterocycles. The average Bonchev–Trinajstić information content (AvgIpc) is 3.12. The summed E-state index contributed by atoms with van der Waals surface area (Å²) in [6, 6.07) is 0.